The summed E-state index contributed by atoms with van der Waals surface area (Å²) in [5.41, 5.74) is 4.71. The van der Waals surface area contributed by atoms with E-state index in [1.165, 1.54) is 11.1 Å². The molecule has 0 amide bonds. The number of aryl methyl sites for hydroxylation is 4. The second-order valence-electron chi connectivity index (χ2n) is 9.14. The van der Waals surface area contributed by atoms with Gasteiger partial charge in [0, 0.05) is 6.07 Å². The summed E-state index contributed by atoms with van der Waals surface area (Å²) < 4.78 is 33.8. The molecule has 0 spiro atoms. The van der Waals surface area contributed by atoms with Gasteiger partial charge in [-0.2, -0.15) is 0 Å². The third kappa shape index (κ3) is 6.14. The normalized spacial score (nSPS) is 11.8. The molecule has 0 bridgehead atoms. The highest BCUT2D eigenvalue weighted by atomic mass is 16.7. The molecule has 0 fully saturated rings. The Labute approximate surface area is 223 Å². The zero-order valence-electron chi connectivity index (χ0n) is 22.0. The second-order valence-corrected chi connectivity index (χ2v) is 9.14. The predicted molar refractivity (Wildman–Crippen MR) is 146 cm³/mol. The van der Waals surface area contributed by atoms with Crippen LogP contribution in [0.4, 0.5) is 0 Å². The van der Waals surface area contributed by atoms with Crippen LogP contribution in [-0.4, -0.2) is 28.1 Å². The third-order valence-corrected chi connectivity index (χ3v) is 6.61. The van der Waals surface area contributed by atoms with E-state index in [0.29, 0.717) is 17.2 Å². The maximum atomic E-state index is 6.28. The molecular weight excluding hydrogens is 480 g/mol. The molecule has 0 N–H and O–H groups in total. The molecule has 0 atom stereocenters. The van der Waals surface area contributed by atoms with Crippen LogP contribution in [0.25, 0.3) is 0 Å². The summed E-state index contributed by atoms with van der Waals surface area (Å²) in [5.74, 6) is 5.28. The molecule has 1 aliphatic heterocycles. The van der Waals surface area contributed by atoms with Crippen molar-refractivity contribution in [1.29, 1.82) is 0 Å². The summed E-state index contributed by atoms with van der Waals surface area (Å²) in [4.78, 5) is 0. The first-order chi connectivity index (χ1) is 18.6. The van der Waals surface area contributed by atoms with Crippen LogP contribution in [-0.2, 0) is 25.7 Å². The molecule has 0 aromatic heterocycles. The van der Waals surface area contributed by atoms with Crippen LogP contribution < -0.4 is 28.4 Å². The highest BCUT2D eigenvalue weighted by Crippen LogP contribution is 2.36. The maximum Gasteiger partial charge on any atom is 0.231 e. The van der Waals surface area contributed by atoms with Crippen LogP contribution in [0.3, 0.4) is 0 Å². The molecule has 1 heterocycles. The van der Waals surface area contributed by atoms with E-state index < -0.39 is 0 Å². The smallest absolute Gasteiger partial charge is 0.231 e. The monoisotopic (exact) mass is 512 g/mol. The van der Waals surface area contributed by atoms with Gasteiger partial charge in [0.25, 0.3) is 0 Å². The molecule has 0 saturated heterocycles. The summed E-state index contributed by atoms with van der Waals surface area (Å²) in [6.45, 7) is 0.286. The molecule has 0 unspecified atom stereocenters. The van der Waals surface area contributed by atoms with Gasteiger partial charge in [0.05, 0.1) is 21.3 Å². The van der Waals surface area contributed by atoms with Crippen molar-refractivity contribution in [3.63, 3.8) is 0 Å². The average Bonchev–Trinajstić information content (AvgIpc) is 3.43. The summed E-state index contributed by atoms with van der Waals surface area (Å²) in [6, 6.07) is 26.3. The molecule has 1 aliphatic rings. The van der Waals surface area contributed by atoms with Gasteiger partial charge in [-0.3, -0.25) is 0 Å². The van der Waals surface area contributed by atoms with Gasteiger partial charge in [0.15, 0.2) is 23.0 Å². The molecule has 0 saturated carbocycles. The van der Waals surface area contributed by atoms with Crippen LogP contribution in [0, 0.1) is 0 Å². The van der Waals surface area contributed by atoms with Crippen molar-refractivity contribution in [2.45, 2.75) is 25.7 Å². The summed E-state index contributed by atoms with van der Waals surface area (Å²) in [6.07, 6.45) is 3.47. The zero-order valence-corrected chi connectivity index (χ0v) is 22.0. The first-order valence-electron chi connectivity index (χ1n) is 12.7. The van der Waals surface area contributed by atoms with Gasteiger partial charge in [-0.1, -0.05) is 24.3 Å². The Morgan fingerprint density at radius 3 is 1.97 bits per heavy atom. The van der Waals surface area contributed by atoms with Crippen molar-refractivity contribution in [3.8, 4) is 40.2 Å². The van der Waals surface area contributed by atoms with Gasteiger partial charge in [0.1, 0.15) is 17.2 Å². The number of fused-ring (bicyclic) bond motifs is 1. The van der Waals surface area contributed by atoms with Gasteiger partial charge in [-0.15, -0.1) is 0 Å². The fourth-order valence-electron chi connectivity index (χ4n) is 4.53. The first kappa shape index (κ1) is 25.3. The molecular formula is C32H32O6. The highest BCUT2D eigenvalue weighted by molar-refractivity contribution is 5.48. The Morgan fingerprint density at radius 1 is 0.526 bits per heavy atom. The van der Waals surface area contributed by atoms with E-state index in [1.807, 2.05) is 48.5 Å². The lowest BCUT2D eigenvalue weighted by Gasteiger charge is -2.14. The summed E-state index contributed by atoms with van der Waals surface area (Å²) >= 11 is 0. The Hall–Kier alpha value is -4.32. The Morgan fingerprint density at radius 2 is 1.18 bits per heavy atom. The maximum absolute atomic E-state index is 6.28. The molecule has 4 aromatic carbocycles. The van der Waals surface area contributed by atoms with E-state index in [0.717, 1.165) is 59.8 Å². The van der Waals surface area contributed by atoms with Crippen molar-refractivity contribution < 1.29 is 28.4 Å². The SMILES string of the molecule is COc1cccc(CCc2cc(OC)cc(Oc3ccc(CCc4ccc5c(c4)OCO5)cc3OC)c2)c1. The largest absolute Gasteiger partial charge is 0.497 e. The van der Waals surface area contributed by atoms with Crippen molar-refractivity contribution in [3.05, 3.63) is 101 Å². The fraction of sp³-hybridized carbons (Fsp3) is 0.250. The highest BCUT2D eigenvalue weighted by Gasteiger charge is 2.14. The summed E-state index contributed by atoms with van der Waals surface area (Å²) in [7, 11) is 5.01. The number of ether oxygens (including phenoxy) is 6. The van der Waals surface area contributed by atoms with Crippen molar-refractivity contribution in [2.75, 3.05) is 28.1 Å². The molecule has 38 heavy (non-hydrogen) atoms. The van der Waals surface area contributed by atoms with E-state index in [4.69, 9.17) is 28.4 Å². The van der Waals surface area contributed by atoms with Crippen LogP contribution in [0.1, 0.15) is 22.3 Å². The zero-order chi connectivity index (χ0) is 26.3. The average molecular weight is 513 g/mol. The van der Waals surface area contributed by atoms with Gasteiger partial charge < -0.3 is 28.4 Å². The lowest BCUT2D eigenvalue weighted by molar-refractivity contribution is 0.174. The minimum Gasteiger partial charge on any atom is -0.497 e. The number of rotatable bonds is 11. The minimum atomic E-state index is 0.286. The minimum absolute atomic E-state index is 0.286. The van der Waals surface area contributed by atoms with Gasteiger partial charge in [-0.05, 0) is 96.5 Å². The number of methoxy groups -OCH3 is 3. The quantitative estimate of drug-likeness (QED) is 0.220. The Balaban J connectivity index is 1.27. The first-order valence-corrected chi connectivity index (χ1v) is 12.7. The third-order valence-electron chi connectivity index (χ3n) is 6.61. The number of benzene rings is 4. The lowest BCUT2D eigenvalue weighted by Crippen LogP contribution is -1.97. The van der Waals surface area contributed by atoms with E-state index >= 15 is 0 Å². The van der Waals surface area contributed by atoms with Crippen LogP contribution in [0.5, 0.6) is 40.2 Å². The Bertz CT molecular complexity index is 1400. The molecule has 4 aromatic rings. The van der Waals surface area contributed by atoms with Crippen molar-refractivity contribution in [1.82, 2.24) is 0 Å². The van der Waals surface area contributed by atoms with E-state index in [2.05, 4.69) is 30.3 Å². The topological polar surface area (TPSA) is 55.4 Å². The van der Waals surface area contributed by atoms with Gasteiger partial charge in [-0.25, -0.2) is 0 Å². The molecule has 6 heteroatoms. The van der Waals surface area contributed by atoms with Gasteiger partial charge >= 0.3 is 0 Å². The molecule has 0 radical (unpaired) electrons. The fourth-order valence-corrected chi connectivity index (χ4v) is 4.53. The Kier molecular flexibility index (Phi) is 7.88. The lowest BCUT2D eigenvalue weighted by atomic mass is 10.0. The van der Waals surface area contributed by atoms with Gasteiger partial charge in [0.2, 0.25) is 6.79 Å². The van der Waals surface area contributed by atoms with Crippen LogP contribution >= 0.6 is 0 Å². The molecule has 196 valence electrons. The number of hydrogen-bond donors (Lipinski definition) is 0. The van der Waals surface area contributed by atoms with Crippen molar-refractivity contribution in [2.24, 2.45) is 0 Å². The van der Waals surface area contributed by atoms with Crippen molar-refractivity contribution >= 4 is 0 Å². The van der Waals surface area contributed by atoms with E-state index in [1.54, 1.807) is 21.3 Å². The second kappa shape index (κ2) is 11.8. The molecule has 0 aliphatic carbocycles. The van der Waals surface area contributed by atoms with E-state index in [9.17, 15) is 0 Å². The van der Waals surface area contributed by atoms with Crippen LogP contribution in [0.15, 0.2) is 78.9 Å². The molecule has 5 rings (SSSR count). The number of hydrogen-bond acceptors (Lipinski definition) is 6. The summed E-state index contributed by atoms with van der Waals surface area (Å²) in [5, 5.41) is 0. The predicted octanol–water partition coefficient (Wildman–Crippen LogP) is 6.80. The standard InChI is InChI=1S/C32H32O6/c1-33-26-6-4-5-22(15-26)9-10-25-16-27(34-2)20-28(17-25)38-30-14-12-23(18-31(30)35-3)7-8-24-11-13-29-32(19-24)37-21-36-29/h4-6,11-20H,7-10,21H2,1-3H3. The molecule has 6 nitrogen and oxygen atoms in total. The van der Waals surface area contributed by atoms with E-state index in [-0.39, 0.29) is 6.79 Å². The van der Waals surface area contributed by atoms with Crippen LogP contribution in [0.2, 0.25) is 0 Å².